The van der Waals surface area contributed by atoms with Gasteiger partial charge in [-0.25, -0.2) is 4.79 Å². The molecule has 6 rings (SSSR count). The van der Waals surface area contributed by atoms with Gasteiger partial charge in [0.1, 0.15) is 23.9 Å². The van der Waals surface area contributed by atoms with Crippen LogP contribution in [0.4, 0.5) is 0 Å². The van der Waals surface area contributed by atoms with Gasteiger partial charge in [-0.05, 0) is 75.7 Å². The number of carbonyl (C=O) groups is 3. The quantitative estimate of drug-likeness (QED) is 0.257. The Morgan fingerprint density at radius 3 is 2.22 bits per heavy atom. The summed E-state index contributed by atoms with van der Waals surface area (Å²) < 4.78 is 33.3. The molecule has 252 valence electrons. The number of benzene rings is 1. The Morgan fingerprint density at radius 1 is 1.00 bits per heavy atom. The highest BCUT2D eigenvalue weighted by Gasteiger charge is 2.78. The molecule has 2 aliphatic heterocycles. The van der Waals surface area contributed by atoms with Crippen LogP contribution in [0.3, 0.4) is 0 Å². The molecule has 0 amide bonds. The number of aliphatic hydroxyl groups is 1. The standard InChI is InChI=1S/C35H50O9Si2/c1-20-17-35(39)30(41-31(38)23-14-12-11-13-15-23)28-33(6)24(16-25-34(28,18-40-25)42-22(3)36)43-45(7,8)19-46(9,10)44-27(29(33)37)26(21(20)2)32(35,4)5/h11-15,20,24-25,27-28,30,39H,16-19H2,1-10H3/t20-,24?,25+,27?,28?,30-,33+,34?,35+/m0/s1. The van der Waals surface area contributed by atoms with E-state index in [9.17, 15) is 14.7 Å². The number of hydrogen-bond donors (Lipinski definition) is 1. The van der Waals surface area contributed by atoms with Gasteiger partial charge >= 0.3 is 11.9 Å². The molecule has 0 spiro atoms. The summed E-state index contributed by atoms with van der Waals surface area (Å²) >= 11 is 0. The number of rotatable bonds is 3. The van der Waals surface area contributed by atoms with E-state index in [-0.39, 0.29) is 24.7 Å². The molecule has 46 heavy (non-hydrogen) atoms. The summed E-state index contributed by atoms with van der Waals surface area (Å²) in [4.78, 5) is 42.7. The number of hydrogen-bond acceptors (Lipinski definition) is 9. The van der Waals surface area contributed by atoms with Crippen molar-refractivity contribution in [3.63, 3.8) is 0 Å². The van der Waals surface area contributed by atoms with Gasteiger partial charge in [0.2, 0.25) is 0 Å². The molecular weight excluding hydrogens is 621 g/mol. The lowest BCUT2D eigenvalue weighted by Gasteiger charge is -2.68. The van der Waals surface area contributed by atoms with Crippen LogP contribution in [-0.2, 0) is 32.7 Å². The lowest BCUT2D eigenvalue weighted by molar-refractivity contribution is -0.344. The molecule has 0 aromatic heterocycles. The number of ketones is 1. The van der Waals surface area contributed by atoms with Crippen LogP contribution in [-0.4, -0.2) is 81.7 Å². The smallest absolute Gasteiger partial charge is 0.338 e. The number of Topliss-reactive ketones (excluding diaryl/α,β-unsaturated/α-hetero) is 1. The van der Waals surface area contributed by atoms with E-state index in [1.54, 1.807) is 24.3 Å². The van der Waals surface area contributed by atoms with Crippen molar-refractivity contribution in [2.75, 3.05) is 6.61 Å². The van der Waals surface area contributed by atoms with Crippen molar-refractivity contribution >= 4 is 34.4 Å². The molecule has 1 aromatic carbocycles. The van der Waals surface area contributed by atoms with Crippen LogP contribution >= 0.6 is 0 Å². The van der Waals surface area contributed by atoms with Crippen LogP contribution < -0.4 is 0 Å². The largest absolute Gasteiger partial charge is 0.455 e. The number of esters is 2. The van der Waals surface area contributed by atoms with E-state index < -0.39 is 80.9 Å². The van der Waals surface area contributed by atoms with Crippen molar-refractivity contribution < 1.29 is 42.6 Å². The SMILES string of the molecule is CC(=O)OC12CO[C@@H]1CC1O[Si](C)(C)C[Si](C)(C)OC3C(=O)[C@@]1(C)C2[C@H](OC(=O)c1ccccc1)[C@]1(O)C[C@H](C)C(C)=C3C1(C)C. The Balaban J connectivity index is 1.70. The summed E-state index contributed by atoms with van der Waals surface area (Å²) in [7, 11) is -4.99. The normalized spacial score (nSPS) is 42.1. The fourth-order valence-corrected chi connectivity index (χ4v) is 20.8. The molecule has 4 fully saturated rings. The number of allylic oxidation sites excluding steroid dienone is 1. The molecule has 9 atom stereocenters. The summed E-state index contributed by atoms with van der Waals surface area (Å²) in [6.45, 7) is 19.8. The van der Waals surface area contributed by atoms with Crippen LogP contribution in [0.5, 0.6) is 0 Å². The molecule has 9 nitrogen and oxygen atoms in total. The van der Waals surface area contributed by atoms with Crippen molar-refractivity contribution in [1.29, 1.82) is 0 Å². The Hall–Kier alpha value is -2.16. The fraction of sp³-hybridized carbons (Fsp3) is 0.686. The number of fused-ring (bicyclic) bond motifs is 6. The summed E-state index contributed by atoms with van der Waals surface area (Å²) in [6.07, 6.45) is -2.86. The second-order valence-corrected chi connectivity index (χ2v) is 25.4. The zero-order valence-electron chi connectivity index (χ0n) is 28.9. The van der Waals surface area contributed by atoms with E-state index in [0.717, 1.165) is 16.8 Å². The van der Waals surface area contributed by atoms with Crippen molar-refractivity contribution in [3.8, 4) is 0 Å². The average molecular weight is 671 g/mol. The molecule has 2 saturated carbocycles. The Kier molecular flexibility index (Phi) is 7.83. The predicted molar refractivity (Wildman–Crippen MR) is 176 cm³/mol. The maximum Gasteiger partial charge on any atom is 0.338 e. The zero-order valence-corrected chi connectivity index (χ0v) is 30.9. The molecule has 11 heteroatoms. The van der Waals surface area contributed by atoms with Crippen LogP contribution in [0, 0.1) is 22.7 Å². The van der Waals surface area contributed by atoms with Crippen LogP contribution in [0.2, 0.25) is 31.9 Å². The first kappa shape index (κ1) is 33.7. The van der Waals surface area contributed by atoms with E-state index in [0.29, 0.717) is 12.0 Å². The molecule has 5 aliphatic rings. The van der Waals surface area contributed by atoms with E-state index in [2.05, 4.69) is 26.2 Å². The number of ether oxygens (including phenoxy) is 3. The predicted octanol–water partition coefficient (Wildman–Crippen LogP) is 5.37. The van der Waals surface area contributed by atoms with Crippen molar-refractivity contribution in [2.45, 2.75) is 122 Å². The van der Waals surface area contributed by atoms with E-state index >= 15 is 4.79 Å². The average Bonchev–Trinajstić information content (AvgIpc) is 2.95. The maximum absolute atomic E-state index is 15.7. The summed E-state index contributed by atoms with van der Waals surface area (Å²) in [5, 5.41) is 13.4. The number of carbonyl (C=O) groups excluding carboxylic acids is 3. The Labute approximate surface area is 274 Å². The van der Waals surface area contributed by atoms with Crippen LogP contribution in [0.1, 0.15) is 64.7 Å². The molecule has 2 saturated heterocycles. The highest BCUT2D eigenvalue weighted by atomic mass is 28.4. The van der Waals surface area contributed by atoms with Gasteiger partial charge < -0.3 is 28.2 Å². The third-order valence-electron chi connectivity index (χ3n) is 12.0. The lowest BCUT2D eigenvalue weighted by Crippen LogP contribution is -2.82. The minimum atomic E-state index is -2.52. The van der Waals surface area contributed by atoms with E-state index in [1.807, 2.05) is 40.7 Å². The summed E-state index contributed by atoms with van der Waals surface area (Å²) in [5.41, 5.74) is -2.60. The van der Waals surface area contributed by atoms with Gasteiger partial charge in [0.15, 0.2) is 28.0 Å². The molecule has 2 heterocycles. The Bertz CT molecular complexity index is 1490. The highest BCUT2D eigenvalue weighted by Crippen LogP contribution is 2.65. The first-order chi connectivity index (χ1) is 21.2. The zero-order chi connectivity index (χ0) is 33.8. The second-order valence-electron chi connectivity index (χ2n) is 16.5. The fourth-order valence-electron chi connectivity index (χ4n) is 9.96. The second kappa shape index (κ2) is 10.7. The van der Waals surface area contributed by atoms with Gasteiger partial charge in [-0.15, -0.1) is 0 Å². The molecule has 0 radical (unpaired) electrons. The first-order valence-corrected chi connectivity index (χ1v) is 22.8. The minimum Gasteiger partial charge on any atom is -0.455 e. The molecule has 4 unspecified atom stereocenters. The molecule has 1 N–H and O–H groups in total. The molecular formula is C35H50O9Si2. The van der Waals surface area contributed by atoms with Crippen molar-refractivity contribution in [3.05, 3.63) is 47.0 Å². The topological polar surface area (TPSA) is 118 Å². The molecule has 1 aromatic rings. The van der Waals surface area contributed by atoms with Gasteiger partial charge in [0.05, 0.1) is 29.6 Å². The van der Waals surface area contributed by atoms with Crippen LogP contribution in [0.25, 0.3) is 0 Å². The monoisotopic (exact) mass is 670 g/mol. The van der Waals surface area contributed by atoms with Crippen molar-refractivity contribution in [1.82, 2.24) is 0 Å². The Morgan fingerprint density at radius 2 is 1.63 bits per heavy atom. The van der Waals surface area contributed by atoms with Crippen molar-refractivity contribution in [2.24, 2.45) is 22.7 Å². The minimum absolute atomic E-state index is 0.0112. The lowest BCUT2D eigenvalue weighted by atomic mass is 9.44. The summed E-state index contributed by atoms with van der Waals surface area (Å²) in [5.74, 6) is -2.46. The van der Waals surface area contributed by atoms with E-state index in [4.69, 9.17) is 23.1 Å². The highest BCUT2D eigenvalue weighted by molar-refractivity contribution is 6.89. The van der Waals surface area contributed by atoms with Crippen LogP contribution in [0.15, 0.2) is 41.5 Å². The maximum atomic E-state index is 15.7. The van der Waals surface area contributed by atoms with Gasteiger partial charge in [0, 0.05) is 18.8 Å². The third-order valence-corrected chi connectivity index (χ3v) is 20.6. The third kappa shape index (κ3) is 4.78. The first-order valence-electron chi connectivity index (χ1n) is 16.6. The van der Waals surface area contributed by atoms with Gasteiger partial charge in [0.25, 0.3) is 0 Å². The molecule has 3 aliphatic carbocycles. The van der Waals surface area contributed by atoms with Gasteiger partial charge in [-0.3, -0.25) is 9.59 Å². The van der Waals surface area contributed by atoms with Gasteiger partial charge in [-0.2, -0.15) is 0 Å². The summed E-state index contributed by atoms with van der Waals surface area (Å²) in [6, 6.07) is 8.66. The van der Waals surface area contributed by atoms with E-state index in [1.165, 1.54) is 6.92 Å². The van der Waals surface area contributed by atoms with Gasteiger partial charge in [-0.1, -0.05) is 44.5 Å². The molecule has 4 bridgehead atoms.